The van der Waals surface area contributed by atoms with Crippen molar-refractivity contribution in [2.75, 3.05) is 26.1 Å². The second-order valence-electron chi connectivity index (χ2n) is 5.88. The molecule has 0 amide bonds. The van der Waals surface area contributed by atoms with Crippen molar-refractivity contribution in [1.29, 1.82) is 0 Å². The maximum Gasteiger partial charge on any atom is 0.337 e. The predicted molar refractivity (Wildman–Crippen MR) is 97.1 cm³/mol. The number of cyclic esters (lactones) is 1. The predicted octanol–water partition coefficient (Wildman–Crippen LogP) is 3.83. The molecule has 0 bridgehead atoms. The van der Waals surface area contributed by atoms with Crippen molar-refractivity contribution < 1.29 is 19.0 Å². The van der Waals surface area contributed by atoms with Gasteiger partial charge in [0.1, 0.15) is 6.61 Å². The summed E-state index contributed by atoms with van der Waals surface area (Å²) >= 11 is 3.51. The fourth-order valence-corrected chi connectivity index (χ4v) is 3.82. The number of fused-ring (bicyclic) bond motifs is 1. The quantitative estimate of drug-likeness (QED) is 0.791. The summed E-state index contributed by atoms with van der Waals surface area (Å²) in [6.07, 6.45) is 0. The molecule has 0 fully saturated rings. The van der Waals surface area contributed by atoms with E-state index in [2.05, 4.69) is 21.2 Å². The molecule has 0 spiro atoms. The van der Waals surface area contributed by atoms with Gasteiger partial charge in [-0.1, -0.05) is 28.1 Å². The number of carbonyl (C=O) groups is 1. The van der Waals surface area contributed by atoms with E-state index in [1.807, 2.05) is 36.4 Å². The normalized spacial score (nSPS) is 18.2. The maximum absolute atomic E-state index is 12.4. The van der Waals surface area contributed by atoms with Crippen LogP contribution in [-0.2, 0) is 9.53 Å². The first-order valence-electron chi connectivity index (χ1n) is 7.81. The van der Waals surface area contributed by atoms with Gasteiger partial charge in [0, 0.05) is 22.1 Å². The molecule has 1 N–H and O–H groups in total. The molecule has 0 aliphatic carbocycles. The molecule has 0 aromatic heterocycles. The molecule has 2 heterocycles. The van der Waals surface area contributed by atoms with Gasteiger partial charge < -0.3 is 19.5 Å². The van der Waals surface area contributed by atoms with Gasteiger partial charge in [0.05, 0.1) is 25.5 Å². The topological polar surface area (TPSA) is 56.8 Å². The molecule has 4 rings (SSSR count). The largest absolute Gasteiger partial charge is 0.493 e. The Hall–Kier alpha value is -2.47. The molecule has 2 aliphatic rings. The highest BCUT2D eigenvalue weighted by Gasteiger charge is 2.39. The van der Waals surface area contributed by atoms with Crippen LogP contribution in [0.25, 0.3) is 0 Å². The summed E-state index contributed by atoms with van der Waals surface area (Å²) in [6, 6.07) is 11.8. The van der Waals surface area contributed by atoms with Crippen LogP contribution >= 0.6 is 15.9 Å². The highest BCUT2D eigenvalue weighted by molar-refractivity contribution is 9.10. The SMILES string of the molecule is COc1cc2c(cc1OC)[C@@H](c1cccc(Br)c1)C1=C(COC1=O)N2. The van der Waals surface area contributed by atoms with Gasteiger partial charge in [-0.05, 0) is 29.3 Å². The zero-order valence-electron chi connectivity index (χ0n) is 13.8. The van der Waals surface area contributed by atoms with Gasteiger partial charge in [-0.25, -0.2) is 4.79 Å². The van der Waals surface area contributed by atoms with E-state index in [1.165, 1.54) is 0 Å². The highest BCUT2D eigenvalue weighted by Crippen LogP contribution is 2.48. The van der Waals surface area contributed by atoms with Gasteiger partial charge >= 0.3 is 5.97 Å². The standard InChI is InChI=1S/C19H16BrNO4/c1-23-15-7-12-13(8-16(15)24-2)21-14-9-25-19(22)18(14)17(12)10-4-3-5-11(20)6-10/h3-8,17,21H,9H2,1-2H3/t17-/m1/s1. The van der Waals surface area contributed by atoms with Crippen molar-refractivity contribution >= 4 is 27.6 Å². The number of rotatable bonds is 3. The molecule has 0 saturated carbocycles. The first-order valence-corrected chi connectivity index (χ1v) is 8.60. The Balaban J connectivity index is 1.95. The highest BCUT2D eigenvalue weighted by atomic mass is 79.9. The van der Waals surface area contributed by atoms with Crippen LogP contribution in [0.2, 0.25) is 0 Å². The fourth-order valence-electron chi connectivity index (χ4n) is 3.40. The smallest absolute Gasteiger partial charge is 0.337 e. The van der Waals surface area contributed by atoms with E-state index in [-0.39, 0.29) is 18.5 Å². The van der Waals surface area contributed by atoms with Crippen LogP contribution in [0.4, 0.5) is 5.69 Å². The molecule has 128 valence electrons. The average molecular weight is 402 g/mol. The van der Waals surface area contributed by atoms with E-state index in [0.717, 1.165) is 27.0 Å². The average Bonchev–Trinajstić information content (AvgIpc) is 2.99. The first kappa shape index (κ1) is 16.0. The molecule has 6 heteroatoms. The third kappa shape index (κ3) is 2.57. The van der Waals surface area contributed by atoms with Crippen LogP contribution in [0.1, 0.15) is 17.0 Å². The molecule has 2 aromatic carbocycles. The number of hydrogen-bond donors (Lipinski definition) is 1. The lowest BCUT2D eigenvalue weighted by atomic mass is 9.81. The number of nitrogens with one attached hydrogen (secondary N) is 1. The number of benzene rings is 2. The molecule has 5 nitrogen and oxygen atoms in total. The second-order valence-corrected chi connectivity index (χ2v) is 6.79. The first-order chi connectivity index (χ1) is 12.1. The summed E-state index contributed by atoms with van der Waals surface area (Å²) in [7, 11) is 3.20. The number of hydrogen-bond acceptors (Lipinski definition) is 5. The van der Waals surface area contributed by atoms with Gasteiger partial charge in [0.25, 0.3) is 0 Å². The van der Waals surface area contributed by atoms with E-state index in [9.17, 15) is 4.79 Å². The van der Waals surface area contributed by atoms with Crippen LogP contribution in [-0.4, -0.2) is 26.8 Å². The Morgan fingerprint density at radius 2 is 1.92 bits per heavy atom. The molecule has 2 aliphatic heterocycles. The molecule has 2 aromatic rings. The van der Waals surface area contributed by atoms with E-state index in [0.29, 0.717) is 17.1 Å². The van der Waals surface area contributed by atoms with Gasteiger partial charge in [-0.3, -0.25) is 0 Å². The molecule has 0 radical (unpaired) electrons. The Bertz CT molecular complexity index is 906. The second kappa shape index (κ2) is 6.11. The zero-order valence-corrected chi connectivity index (χ0v) is 15.3. The molecule has 25 heavy (non-hydrogen) atoms. The van der Waals surface area contributed by atoms with Gasteiger partial charge in [-0.2, -0.15) is 0 Å². The minimum absolute atomic E-state index is 0.224. The van der Waals surface area contributed by atoms with Crippen LogP contribution in [0, 0.1) is 0 Å². The van der Waals surface area contributed by atoms with E-state index in [1.54, 1.807) is 14.2 Å². The number of ether oxygens (including phenoxy) is 3. The van der Waals surface area contributed by atoms with Gasteiger partial charge in [0.15, 0.2) is 11.5 Å². The minimum Gasteiger partial charge on any atom is -0.493 e. The monoisotopic (exact) mass is 401 g/mol. The third-order valence-electron chi connectivity index (χ3n) is 4.52. The van der Waals surface area contributed by atoms with E-state index in [4.69, 9.17) is 14.2 Å². The Morgan fingerprint density at radius 1 is 1.16 bits per heavy atom. The lowest BCUT2D eigenvalue weighted by Crippen LogP contribution is -2.20. The number of halogens is 1. The molecular formula is C19H16BrNO4. The maximum atomic E-state index is 12.4. The fraction of sp³-hybridized carbons (Fsp3) is 0.211. The Labute approximate surface area is 153 Å². The number of anilines is 1. The summed E-state index contributed by atoms with van der Waals surface area (Å²) in [6.45, 7) is 0.256. The summed E-state index contributed by atoms with van der Waals surface area (Å²) in [4.78, 5) is 12.4. The van der Waals surface area contributed by atoms with Gasteiger partial charge in [0.2, 0.25) is 0 Å². The lowest BCUT2D eigenvalue weighted by molar-refractivity contribution is -0.136. The molecular weight excluding hydrogens is 386 g/mol. The Morgan fingerprint density at radius 3 is 2.64 bits per heavy atom. The summed E-state index contributed by atoms with van der Waals surface area (Å²) in [5.74, 6) is 0.751. The van der Waals surface area contributed by atoms with Crippen LogP contribution in [0.5, 0.6) is 11.5 Å². The minimum atomic E-state index is -0.284. The zero-order chi connectivity index (χ0) is 17.6. The summed E-state index contributed by atoms with van der Waals surface area (Å²) < 4.78 is 17.1. The van der Waals surface area contributed by atoms with Crippen molar-refractivity contribution in [2.24, 2.45) is 0 Å². The van der Waals surface area contributed by atoms with Crippen LogP contribution < -0.4 is 14.8 Å². The van der Waals surface area contributed by atoms with E-state index >= 15 is 0 Å². The number of esters is 1. The number of methoxy groups -OCH3 is 2. The number of carbonyl (C=O) groups excluding carboxylic acids is 1. The van der Waals surface area contributed by atoms with Gasteiger partial charge in [-0.15, -0.1) is 0 Å². The molecule has 0 saturated heterocycles. The Kier molecular flexibility index (Phi) is 3.92. The van der Waals surface area contributed by atoms with Crippen LogP contribution in [0.3, 0.4) is 0 Å². The van der Waals surface area contributed by atoms with Crippen molar-refractivity contribution in [3.8, 4) is 11.5 Å². The van der Waals surface area contributed by atoms with Crippen LogP contribution in [0.15, 0.2) is 52.1 Å². The molecule has 1 atom stereocenters. The van der Waals surface area contributed by atoms with Crippen molar-refractivity contribution in [3.05, 3.63) is 63.3 Å². The molecule has 0 unspecified atom stereocenters. The third-order valence-corrected chi connectivity index (χ3v) is 5.01. The van der Waals surface area contributed by atoms with Crippen molar-refractivity contribution in [2.45, 2.75) is 5.92 Å². The van der Waals surface area contributed by atoms with Crippen molar-refractivity contribution in [3.63, 3.8) is 0 Å². The van der Waals surface area contributed by atoms with Crippen molar-refractivity contribution in [1.82, 2.24) is 0 Å². The summed E-state index contributed by atoms with van der Waals surface area (Å²) in [5, 5.41) is 3.32. The summed E-state index contributed by atoms with van der Waals surface area (Å²) in [5.41, 5.74) is 4.30. The lowest BCUT2D eigenvalue weighted by Gasteiger charge is -2.28. The van der Waals surface area contributed by atoms with E-state index < -0.39 is 0 Å².